The molecule has 2 aliphatic heterocycles. The number of hydrogen-bond donors (Lipinski definition) is 2. The van der Waals surface area contributed by atoms with Crippen LogP contribution in [0.15, 0.2) is 23.2 Å². The van der Waals surface area contributed by atoms with Gasteiger partial charge in [-0.25, -0.2) is 0 Å². The number of piperidine rings is 1. The van der Waals surface area contributed by atoms with Gasteiger partial charge in [-0.1, -0.05) is 11.6 Å². The first-order chi connectivity index (χ1) is 13.1. The van der Waals surface area contributed by atoms with Crippen LogP contribution in [0, 0.1) is 5.92 Å². The minimum Gasteiger partial charge on any atom is -0.495 e. The van der Waals surface area contributed by atoms with Crippen molar-refractivity contribution in [3.63, 3.8) is 0 Å². The maximum atomic E-state index is 6.19. The van der Waals surface area contributed by atoms with E-state index in [-0.39, 0.29) is 0 Å². The van der Waals surface area contributed by atoms with Gasteiger partial charge in [0.25, 0.3) is 0 Å². The zero-order valence-corrected chi connectivity index (χ0v) is 17.4. The van der Waals surface area contributed by atoms with Crippen LogP contribution in [0.4, 0.5) is 5.69 Å². The molecule has 0 aliphatic carbocycles. The highest BCUT2D eigenvalue weighted by Crippen LogP contribution is 2.33. The van der Waals surface area contributed by atoms with E-state index in [0.29, 0.717) is 6.04 Å². The smallest absolute Gasteiger partial charge is 0.191 e. The van der Waals surface area contributed by atoms with Crippen molar-refractivity contribution in [3.8, 4) is 5.75 Å². The molecule has 0 aromatic heterocycles. The van der Waals surface area contributed by atoms with Crippen LogP contribution >= 0.6 is 11.6 Å². The normalized spacial score (nSPS) is 22.1. The number of halogens is 1. The van der Waals surface area contributed by atoms with Crippen molar-refractivity contribution in [1.29, 1.82) is 0 Å². The molecule has 0 radical (unpaired) electrons. The molecule has 1 aromatic rings. The summed E-state index contributed by atoms with van der Waals surface area (Å²) in [6.07, 6.45) is 3.57. The maximum Gasteiger partial charge on any atom is 0.191 e. The third kappa shape index (κ3) is 5.42. The largest absolute Gasteiger partial charge is 0.495 e. The Morgan fingerprint density at radius 3 is 2.74 bits per heavy atom. The van der Waals surface area contributed by atoms with Crippen LogP contribution in [0.5, 0.6) is 5.75 Å². The molecule has 2 heterocycles. The number of nitrogens with zero attached hydrogens (tertiary/aromatic N) is 3. The van der Waals surface area contributed by atoms with Crippen LogP contribution in [0.25, 0.3) is 0 Å². The minimum atomic E-state index is 0.359. The van der Waals surface area contributed by atoms with E-state index in [1.54, 1.807) is 7.11 Å². The van der Waals surface area contributed by atoms with Crippen LogP contribution in [0.1, 0.15) is 19.3 Å². The number of anilines is 1. The molecule has 3 rings (SSSR count). The average Bonchev–Trinajstić information content (AvgIpc) is 3.14. The minimum absolute atomic E-state index is 0.359. The van der Waals surface area contributed by atoms with Gasteiger partial charge in [-0.15, -0.1) is 0 Å². The molecule has 1 atom stereocenters. The first kappa shape index (κ1) is 20.1. The second-order valence-electron chi connectivity index (χ2n) is 7.59. The van der Waals surface area contributed by atoms with Crippen LogP contribution in [-0.4, -0.2) is 70.8 Å². The number of guanidine groups is 1. The van der Waals surface area contributed by atoms with Gasteiger partial charge in [-0.3, -0.25) is 4.99 Å². The molecule has 6 nitrogen and oxygen atoms in total. The highest BCUT2D eigenvalue weighted by molar-refractivity contribution is 6.30. The molecule has 2 fully saturated rings. The lowest BCUT2D eigenvalue weighted by Gasteiger charge is -2.29. The lowest BCUT2D eigenvalue weighted by Crippen LogP contribution is -2.46. The van der Waals surface area contributed by atoms with Crippen LogP contribution in [0.2, 0.25) is 5.02 Å². The summed E-state index contributed by atoms with van der Waals surface area (Å²) in [6, 6.07) is 6.14. The fourth-order valence-corrected chi connectivity index (χ4v) is 4.07. The summed E-state index contributed by atoms with van der Waals surface area (Å²) < 4.78 is 5.50. The Kier molecular flexibility index (Phi) is 7.07. The molecule has 0 amide bonds. The predicted octanol–water partition coefficient (Wildman–Crippen LogP) is 2.43. The van der Waals surface area contributed by atoms with Crippen molar-refractivity contribution in [3.05, 3.63) is 23.2 Å². The molecule has 1 unspecified atom stereocenters. The Bertz CT molecular complexity index is 645. The van der Waals surface area contributed by atoms with E-state index in [2.05, 4.69) is 32.5 Å². The molecule has 2 N–H and O–H groups in total. The molecule has 0 saturated carbocycles. The molecule has 150 valence electrons. The van der Waals surface area contributed by atoms with Crippen molar-refractivity contribution in [2.45, 2.75) is 25.3 Å². The maximum absolute atomic E-state index is 6.19. The van der Waals surface area contributed by atoms with Gasteiger partial charge in [0.15, 0.2) is 5.96 Å². The van der Waals surface area contributed by atoms with Gasteiger partial charge >= 0.3 is 0 Å². The third-order valence-electron chi connectivity index (χ3n) is 5.63. The molecule has 2 aliphatic rings. The molecular weight excluding hydrogens is 362 g/mol. The van der Waals surface area contributed by atoms with E-state index in [4.69, 9.17) is 16.3 Å². The topological polar surface area (TPSA) is 52.1 Å². The number of likely N-dealkylation sites (tertiary alicyclic amines) is 1. The van der Waals surface area contributed by atoms with Crippen molar-refractivity contribution < 1.29 is 4.74 Å². The van der Waals surface area contributed by atoms with Gasteiger partial charge in [0.2, 0.25) is 0 Å². The van der Waals surface area contributed by atoms with Crippen LogP contribution < -0.4 is 20.3 Å². The molecular formula is C20H32ClN5O. The van der Waals surface area contributed by atoms with Gasteiger partial charge < -0.3 is 25.2 Å². The predicted molar refractivity (Wildman–Crippen MR) is 113 cm³/mol. The van der Waals surface area contributed by atoms with Crippen molar-refractivity contribution >= 4 is 23.2 Å². The first-order valence-corrected chi connectivity index (χ1v) is 10.2. The van der Waals surface area contributed by atoms with Gasteiger partial charge in [0, 0.05) is 37.7 Å². The van der Waals surface area contributed by atoms with Gasteiger partial charge in [-0.2, -0.15) is 0 Å². The Hall–Kier alpha value is -1.66. The number of rotatable bonds is 5. The number of hydrogen-bond acceptors (Lipinski definition) is 4. The van der Waals surface area contributed by atoms with Gasteiger partial charge in [0.1, 0.15) is 5.75 Å². The average molecular weight is 394 g/mol. The van der Waals surface area contributed by atoms with E-state index in [9.17, 15) is 0 Å². The van der Waals surface area contributed by atoms with E-state index >= 15 is 0 Å². The zero-order valence-electron chi connectivity index (χ0n) is 16.7. The molecule has 27 heavy (non-hydrogen) atoms. The molecule has 0 spiro atoms. The fraction of sp³-hybridized carbons (Fsp3) is 0.650. The zero-order chi connectivity index (χ0) is 19.2. The number of nitrogens with one attached hydrogen (secondary N) is 2. The summed E-state index contributed by atoms with van der Waals surface area (Å²) in [5, 5.41) is 7.84. The summed E-state index contributed by atoms with van der Waals surface area (Å²) in [5.74, 6) is 2.50. The standard InChI is InChI=1S/C20H32ClN5O/c1-22-20(23-13-15-6-9-25(2)10-7-15)24-17-8-11-26(14-17)18-12-16(21)4-5-19(18)27-3/h4-5,12,15,17H,6-11,13-14H2,1-3H3,(H2,22,23,24). The number of aliphatic imine (C=N–C) groups is 1. The third-order valence-corrected chi connectivity index (χ3v) is 5.87. The second-order valence-corrected chi connectivity index (χ2v) is 8.03. The summed E-state index contributed by atoms with van der Waals surface area (Å²) in [7, 11) is 5.74. The molecule has 0 bridgehead atoms. The van der Waals surface area contributed by atoms with Crippen molar-refractivity contribution in [2.24, 2.45) is 10.9 Å². The summed E-state index contributed by atoms with van der Waals surface area (Å²) in [6.45, 7) is 5.26. The van der Waals surface area contributed by atoms with Gasteiger partial charge in [-0.05, 0) is 63.5 Å². The highest BCUT2D eigenvalue weighted by atomic mass is 35.5. The molecule has 7 heteroatoms. The molecule has 1 aromatic carbocycles. The number of ether oxygens (including phenoxy) is 1. The Morgan fingerprint density at radius 1 is 1.26 bits per heavy atom. The van der Waals surface area contributed by atoms with E-state index in [1.807, 2.05) is 25.2 Å². The monoisotopic (exact) mass is 393 g/mol. The fourth-order valence-electron chi connectivity index (χ4n) is 3.90. The second kappa shape index (κ2) is 9.51. The quantitative estimate of drug-likeness (QED) is 0.594. The summed E-state index contributed by atoms with van der Waals surface area (Å²) >= 11 is 6.19. The van der Waals surface area contributed by atoms with E-state index in [1.165, 1.54) is 25.9 Å². The highest BCUT2D eigenvalue weighted by Gasteiger charge is 2.26. The molecule has 2 saturated heterocycles. The van der Waals surface area contributed by atoms with Crippen LogP contribution in [0.3, 0.4) is 0 Å². The first-order valence-electron chi connectivity index (χ1n) is 9.83. The van der Waals surface area contributed by atoms with Crippen molar-refractivity contribution in [1.82, 2.24) is 15.5 Å². The number of benzene rings is 1. The Labute approximate surface area is 167 Å². The van der Waals surface area contributed by atoms with E-state index in [0.717, 1.165) is 54.4 Å². The van der Waals surface area contributed by atoms with E-state index < -0.39 is 0 Å². The Balaban J connectivity index is 1.50. The Morgan fingerprint density at radius 2 is 2.04 bits per heavy atom. The number of methoxy groups -OCH3 is 1. The van der Waals surface area contributed by atoms with Gasteiger partial charge in [0.05, 0.1) is 12.8 Å². The van der Waals surface area contributed by atoms with Crippen LogP contribution in [-0.2, 0) is 0 Å². The SMILES string of the molecule is CN=C(NCC1CCN(C)CC1)NC1CCN(c2cc(Cl)ccc2OC)C1. The summed E-state index contributed by atoms with van der Waals surface area (Å²) in [4.78, 5) is 9.15. The lowest BCUT2D eigenvalue weighted by atomic mass is 9.97. The summed E-state index contributed by atoms with van der Waals surface area (Å²) in [5.41, 5.74) is 1.06. The lowest BCUT2D eigenvalue weighted by molar-refractivity contribution is 0.220. The van der Waals surface area contributed by atoms with Crippen molar-refractivity contribution in [2.75, 3.05) is 58.8 Å².